The zero-order chi connectivity index (χ0) is 14.1. The van der Waals surface area contributed by atoms with E-state index in [4.69, 9.17) is 21.1 Å². The first-order chi connectivity index (χ1) is 9.28. The Kier molecular flexibility index (Phi) is 8.10. The normalized spacial score (nSPS) is 11.2. The molecule has 110 valence electrons. The fraction of sp³-hybridized carbons (Fsp3) is 0.786. The second-order valence-electron chi connectivity index (χ2n) is 4.39. The molecule has 1 heterocycles. The van der Waals surface area contributed by atoms with Gasteiger partial charge in [0.25, 0.3) is 0 Å². The molecular formula is C14H25ClN2O2. The summed E-state index contributed by atoms with van der Waals surface area (Å²) in [6.07, 6.45) is 2.82. The Bertz CT molecular complexity index is 367. The fourth-order valence-electron chi connectivity index (χ4n) is 2.17. The van der Waals surface area contributed by atoms with Gasteiger partial charge in [0.2, 0.25) is 0 Å². The molecule has 0 saturated heterocycles. The van der Waals surface area contributed by atoms with Gasteiger partial charge in [-0.1, -0.05) is 13.8 Å². The molecule has 5 heteroatoms. The van der Waals surface area contributed by atoms with Gasteiger partial charge in [-0.15, -0.1) is 11.6 Å². The smallest absolute Gasteiger partial charge is 0.0668 e. The van der Waals surface area contributed by atoms with Crippen molar-refractivity contribution in [2.75, 3.05) is 26.9 Å². The summed E-state index contributed by atoms with van der Waals surface area (Å²) in [5.74, 6) is 0.543. The van der Waals surface area contributed by atoms with Crippen molar-refractivity contribution in [2.24, 2.45) is 0 Å². The Balaban J connectivity index is 2.50. The summed E-state index contributed by atoms with van der Waals surface area (Å²) in [4.78, 5) is 0. The summed E-state index contributed by atoms with van der Waals surface area (Å²) in [6, 6.07) is 0. The number of hydrogen-bond donors (Lipinski definition) is 0. The molecule has 0 fully saturated rings. The van der Waals surface area contributed by atoms with Crippen LogP contribution < -0.4 is 0 Å². The predicted molar refractivity (Wildman–Crippen MR) is 77.9 cm³/mol. The van der Waals surface area contributed by atoms with Crippen molar-refractivity contribution in [1.82, 2.24) is 9.78 Å². The highest BCUT2D eigenvalue weighted by atomic mass is 35.5. The van der Waals surface area contributed by atoms with E-state index in [0.717, 1.165) is 44.7 Å². The van der Waals surface area contributed by atoms with E-state index in [1.54, 1.807) is 7.11 Å². The van der Waals surface area contributed by atoms with E-state index < -0.39 is 0 Å². The van der Waals surface area contributed by atoms with E-state index in [9.17, 15) is 0 Å². The largest absolute Gasteiger partial charge is 0.385 e. The van der Waals surface area contributed by atoms with Gasteiger partial charge in [0, 0.05) is 31.6 Å². The lowest BCUT2D eigenvalue weighted by molar-refractivity contribution is 0.0956. The van der Waals surface area contributed by atoms with Gasteiger partial charge in [-0.2, -0.15) is 5.10 Å². The molecule has 19 heavy (non-hydrogen) atoms. The quantitative estimate of drug-likeness (QED) is 0.491. The maximum atomic E-state index is 6.03. The van der Waals surface area contributed by atoms with Gasteiger partial charge < -0.3 is 9.47 Å². The average molecular weight is 289 g/mol. The number of ether oxygens (including phenoxy) is 2. The SMILES string of the molecule is CCc1nn(CCOCCCOC)c(CC)c1CCl. The number of methoxy groups -OCH3 is 1. The third-order valence-corrected chi connectivity index (χ3v) is 3.40. The highest BCUT2D eigenvalue weighted by molar-refractivity contribution is 6.17. The minimum atomic E-state index is 0.543. The summed E-state index contributed by atoms with van der Waals surface area (Å²) in [6.45, 7) is 7.22. The van der Waals surface area contributed by atoms with Gasteiger partial charge >= 0.3 is 0 Å². The Hall–Kier alpha value is -0.580. The molecule has 0 amide bonds. The molecule has 0 saturated carbocycles. The van der Waals surface area contributed by atoms with Gasteiger partial charge in [0.15, 0.2) is 0 Å². The third kappa shape index (κ3) is 4.79. The van der Waals surface area contributed by atoms with Crippen molar-refractivity contribution >= 4 is 11.6 Å². The van der Waals surface area contributed by atoms with Crippen molar-refractivity contribution in [3.8, 4) is 0 Å². The summed E-state index contributed by atoms with van der Waals surface area (Å²) in [5, 5.41) is 4.63. The minimum absolute atomic E-state index is 0.543. The second kappa shape index (κ2) is 9.34. The Morgan fingerprint density at radius 3 is 2.53 bits per heavy atom. The number of alkyl halides is 1. The molecule has 0 radical (unpaired) electrons. The molecule has 0 N–H and O–H groups in total. The first-order valence-corrected chi connectivity index (χ1v) is 7.51. The standard InChI is InChI=1S/C14H25ClN2O2/c1-4-13-12(11-15)14(5-2)17(16-13)7-10-19-9-6-8-18-3/h4-11H2,1-3H3. The van der Waals surface area contributed by atoms with E-state index in [2.05, 4.69) is 18.9 Å². The Morgan fingerprint density at radius 2 is 1.95 bits per heavy atom. The van der Waals surface area contributed by atoms with E-state index in [0.29, 0.717) is 12.5 Å². The van der Waals surface area contributed by atoms with Crippen LogP contribution in [0.2, 0.25) is 0 Å². The van der Waals surface area contributed by atoms with E-state index in [1.165, 1.54) is 11.3 Å². The molecule has 0 aliphatic heterocycles. The van der Waals surface area contributed by atoms with Crippen molar-refractivity contribution in [2.45, 2.75) is 45.5 Å². The Morgan fingerprint density at radius 1 is 1.16 bits per heavy atom. The summed E-state index contributed by atoms with van der Waals surface area (Å²) in [5.41, 5.74) is 3.56. The van der Waals surface area contributed by atoms with Gasteiger partial charge in [-0.25, -0.2) is 0 Å². The second-order valence-corrected chi connectivity index (χ2v) is 4.66. The van der Waals surface area contributed by atoms with Crippen LogP contribution in [0.15, 0.2) is 0 Å². The maximum absolute atomic E-state index is 6.03. The van der Waals surface area contributed by atoms with Crippen LogP contribution in [0.4, 0.5) is 0 Å². The van der Waals surface area contributed by atoms with E-state index in [-0.39, 0.29) is 0 Å². The number of aromatic nitrogens is 2. The van der Waals surface area contributed by atoms with Crippen molar-refractivity contribution < 1.29 is 9.47 Å². The van der Waals surface area contributed by atoms with Crippen LogP contribution in [0.25, 0.3) is 0 Å². The van der Waals surface area contributed by atoms with Crippen molar-refractivity contribution in [3.63, 3.8) is 0 Å². The molecule has 1 rings (SSSR count). The first-order valence-electron chi connectivity index (χ1n) is 6.98. The molecule has 1 aromatic rings. The fourth-order valence-corrected chi connectivity index (χ4v) is 2.47. The minimum Gasteiger partial charge on any atom is -0.385 e. The van der Waals surface area contributed by atoms with Crippen LogP contribution in [-0.2, 0) is 34.7 Å². The molecule has 4 nitrogen and oxygen atoms in total. The highest BCUT2D eigenvalue weighted by Gasteiger charge is 2.14. The first kappa shape index (κ1) is 16.5. The van der Waals surface area contributed by atoms with Crippen LogP contribution in [-0.4, -0.2) is 36.7 Å². The molecule has 0 spiro atoms. The lowest BCUT2D eigenvalue weighted by atomic mass is 10.1. The van der Waals surface area contributed by atoms with Gasteiger partial charge in [-0.05, 0) is 19.3 Å². The van der Waals surface area contributed by atoms with Crippen LogP contribution in [0.1, 0.15) is 37.2 Å². The highest BCUT2D eigenvalue weighted by Crippen LogP contribution is 2.18. The van der Waals surface area contributed by atoms with Crippen LogP contribution in [0, 0.1) is 0 Å². The lowest BCUT2D eigenvalue weighted by Crippen LogP contribution is -2.11. The molecule has 0 unspecified atom stereocenters. The lowest BCUT2D eigenvalue weighted by Gasteiger charge is -2.08. The van der Waals surface area contributed by atoms with Crippen LogP contribution >= 0.6 is 11.6 Å². The number of aryl methyl sites for hydroxylation is 1. The molecule has 0 aliphatic rings. The maximum Gasteiger partial charge on any atom is 0.0668 e. The monoisotopic (exact) mass is 288 g/mol. The third-order valence-electron chi connectivity index (χ3n) is 3.14. The van der Waals surface area contributed by atoms with E-state index >= 15 is 0 Å². The summed E-state index contributed by atoms with van der Waals surface area (Å²) in [7, 11) is 1.71. The number of rotatable bonds is 10. The molecule has 0 aromatic carbocycles. The van der Waals surface area contributed by atoms with Gasteiger partial charge in [0.1, 0.15) is 0 Å². The molecule has 0 atom stereocenters. The molecule has 0 aliphatic carbocycles. The van der Waals surface area contributed by atoms with Crippen molar-refractivity contribution in [3.05, 3.63) is 17.0 Å². The van der Waals surface area contributed by atoms with Crippen LogP contribution in [0.3, 0.4) is 0 Å². The molecular weight excluding hydrogens is 264 g/mol. The predicted octanol–water partition coefficient (Wildman–Crippen LogP) is 2.80. The molecule has 0 bridgehead atoms. The van der Waals surface area contributed by atoms with Crippen LogP contribution in [0.5, 0.6) is 0 Å². The average Bonchev–Trinajstić information content (AvgIpc) is 2.79. The number of nitrogens with zero attached hydrogens (tertiary/aromatic N) is 2. The number of hydrogen-bond acceptors (Lipinski definition) is 3. The van der Waals surface area contributed by atoms with Gasteiger partial charge in [0.05, 0.1) is 24.7 Å². The summed E-state index contributed by atoms with van der Waals surface area (Å²) >= 11 is 6.03. The zero-order valence-electron chi connectivity index (χ0n) is 12.2. The Labute approximate surface area is 121 Å². The topological polar surface area (TPSA) is 36.3 Å². The zero-order valence-corrected chi connectivity index (χ0v) is 13.0. The summed E-state index contributed by atoms with van der Waals surface area (Å²) < 4.78 is 12.6. The number of halogens is 1. The van der Waals surface area contributed by atoms with Crippen molar-refractivity contribution in [1.29, 1.82) is 0 Å². The van der Waals surface area contributed by atoms with Gasteiger partial charge in [-0.3, -0.25) is 4.68 Å². The molecule has 1 aromatic heterocycles. The van der Waals surface area contributed by atoms with E-state index in [1.807, 2.05) is 4.68 Å².